The van der Waals surface area contributed by atoms with E-state index in [4.69, 9.17) is 14.2 Å². The van der Waals surface area contributed by atoms with Gasteiger partial charge in [0.25, 0.3) is 0 Å². The number of aliphatic hydroxyl groups is 2. The molecule has 7 heteroatoms. The molecule has 0 aromatic heterocycles. The van der Waals surface area contributed by atoms with Crippen LogP contribution < -0.4 is 0 Å². The normalized spacial score (nSPS) is 49.8. The smallest absolute Gasteiger partial charge is 0.305 e. The molecular formula is C50H80O7. The number of esters is 2. The van der Waals surface area contributed by atoms with E-state index >= 15 is 0 Å². The summed E-state index contributed by atoms with van der Waals surface area (Å²) in [4.78, 5) is 23.9. The van der Waals surface area contributed by atoms with E-state index in [0.29, 0.717) is 84.0 Å². The van der Waals surface area contributed by atoms with Crippen molar-refractivity contribution in [3.63, 3.8) is 0 Å². The number of aliphatic hydroxyl groups excluding tert-OH is 2. The number of carbonyl (C=O) groups is 2. The summed E-state index contributed by atoms with van der Waals surface area (Å²) in [5.41, 5.74) is 1.92. The third-order valence-electron chi connectivity index (χ3n) is 20.8. The molecule has 0 amide bonds. The highest BCUT2D eigenvalue weighted by Crippen LogP contribution is 2.70. The number of allylic oxidation sites excluding steroid dienone is 1. The number of ether oxygens (including phenoxy) is 3. The Labute approximate surface area is 345 Å². The van der Waals surface area contributed by atoms with Crippen molar-refractivity contribution in [1.29, 1.82) is 0 Å². The van der Waals surface area contributed by atoms with Crippen LogP contribution in [-0.2, 0) is 23.8 Å². The molecule has 0 heterocycles. The first-order chi connectivity index (χ1) is 27.1. The molecule has 8 rings (SSSR count). The number of hydrogen-bond acceptors (Lipinski definition) is 7. The second kappa shape index (κ2) is 15.8. The van der Waals surface area contributed by atoms with Crippen LogP contribution in [0.1, 0.15) is 164 Å². The van der Waals surface area contributed by atoms with Gasteiger partial charge in [-0.25, -0.2) is 0 Å². The molecule has 0 aromatic carbocycles. The molecule has 7 nitrogen and oxygen atoms in total. The summed E-state index contributed by atoms with van der Waals surface area (Å²) >= 11 is 0. The van der Waals surface area contributed by atoms with Gasteiger partial charge in [-0.3, -0.25) is 9.59 Å². The molecule has 7 saturated carbocycles. The highest BCUT2D eigenvalue weighted by atomic mass is 16.5. The molecule has 8 aliphatic rings. The zero-order chi connectivity index (χ0) is 40.7. The third-order valence-corrected chi connectivity index (χ3v) is 20.8. The second-order valence-corrected chi connectivity index (χ2v) is 22.6. The molecule has 2 N–H and O–H groups in total. The molecule has 7 fully saturated rings. The fourth-order valence-corrected chi connectivity index (χ4v) is 17.5. The Hall–Kier alpha value is -1.44. The first kappa shape index (κ1) is 42.3. The van der Waals surface area contributed by atoms with E-state index in [2.05, 4.69) is 47.6 Å². The van der Waals surface area contributed by atoms with Crippen LogP contribution >= 0.6 is 0 Å². The average molecular weight is 793 g/mol. The van der Waals surface area contributed by atoms with Crippen LogP contribution in [0.4, 0.5) is 0 Å². The van der Waals surface area contributed by atoms with Gasteiger partial charge in [0.1, 0.15) is 0 Å². The summed E-state index contributed by atoms with van der Waals surface area (Å²) < 4.78 is 17.1. The number of methoxy groups -OCH3 is 2. The van der Waals surface area contributed by atoms with E-state index < -0.39 is 0 Å². The van der Waals surface area contributed by atoms with E-state index in [1.54, 1.807) is 5.57 Å². The number of hydrogen-bond donors (Lipinski definition) is 2. The molecular weight excluding hydrogens is 713 g/mol. The van der Waals surface area contributed by atoms with Crippen LogP contribution in [0.2, 0.25) is 0 Å². The second-order valence-electron chi connectivity index (χ2n) is 22.6. The fourth-order valence-electron chi connectivity index (χ4n) is 17.5. The third kappa shape index (κ3) is 6.83. The summed E-state index contributed by atoms with van der Waals surface area (Å²) in [5, 5.41) is 24.1. The SMILES string of the molecule is COC(=O)CC[C@@H](C)[C@H]1CCC2C3CCC4=C[C@@H](O[C@@H]5CC[C@]6(C)C7C[C@H](O)[C@@]8(C)C(CC[C@@H]8[C@H](C)CCC(=O)OC)C7CC[C@@H]6C5)CC[C@]4(C)C3C[C@H](O)[C@@]21C. The summed E-state index contributed by atoms with van der Waals surface area (Å²) in [5.74, 6) is 5.82. The average Bonchev–Trinajstić information content (AvgIpc) is 3.75. The van der Waals surface area contributed by atoms with E-state index in [1.807, 2.05) is 0 Å². The Morgan fingerprint density at radius 2 is 1.25 bits per heavy atom. The zero-order valence-corrected chi connectivity index (χ0v) is 37.1. The van der Waals surface area contributed by atoms with Gasteiger partial charge >= 0.3 is 11.9 Å². The lowest BCUT2D eigenvalue weighted by atomic mass is 9.43. The maximum atomic E-state index is 12.1. The van der Waals surface area contributed by atoms with Crippen molar-refractivity contribution in [1.82, 2.24) is 0 Å². The Morgan fingerprint density at radius 1 is 0.684 bits per heavy atom. The van der Waals surface area contributed by atoms with Crippen LogP contribution in [0.5, 0.6) is 0 Å². The van der Waals surface area contributed by atoms with Gasteiger partial charge in [0.2, 0.25) is 0 Å². The number of fused-ring (bicyclic) bond motifs is 10. The lowest BCUT2D eigenvalue weighted by molar-refractivity contribution is -0.180. The number of carbonyl (C=O) groups excluding carboxylic acids is 2. The zero-order valence-electron chi connectivity index (χ0n) is 37.1. The molecule has 322 valence electrons. The molecule has 0 bridgehead atoms. The summed E-state index contributed by atoms with van der Waals surface area (Å²) in [6.07, 6.45) is 22.6. The van der Waals surface area contributed by atoms with Gasteiger partial charge in [-0.2, -0.15) is 0 Å². The van der Waals surface area contributed by atoms with Crippen LogP contribution in [0.3, 0.4) is 0 Å². The largest absolute Gasteiger partial charge is 0.469 e. The molecule has 0 radical (unpaired) electrons. The molecule has 0 aromatic rings. The van der Waals surface area contributed by atoms with Crippen molar-refractivity contribution >= 4 is 11.9 Å². The molecule has 57 heavy (non-hydrogen) atoms. The standard InChI is InChI=1S/C50H80O7/c1-29(9-19-45(53)55-7)37-15-17-39-35-13-11-31-25-33(21-23-47(31,3)41(35)27-43(51)49(37,39)5)57-34-22-24-48(4)32(26-34)12-14-36-40-18-16-38(30(2)10-20-46(54)56-8)50(40,6)44(52)28-42(36)48/h25,29-30,32-44,51-52H,9-24,26-28H2,1-8H3/t29-,30-,32-,33+,34-,35?,36?,37-,38-,39?,40?,41?,42?,43+,44+,47+,48+,49-,50-/m1/s1. The van der Waals surface area contributed by atoms with Gasteiger partial charge in [-0.15, -0.1) is 0 Å². The fraction of sp³-hybridized carbons (Fsp3) is 0.920. The number of rotatable bonds is 10. The van der Waals surface area contributed by atoms with Crippen LogP contribution in [0, 0.1) is 86.8 Å². The van der Waals surface area contributed by atoms with E-state index in [0.717, 1.165) is 51.4 Å². The topological polar surface area (TPSA) is 102 Å². The van der Waals surface area contributed by atoms with Gasteiger partial charge < -0.3 is 24.4 Å². The highest BCUT2D eigenvalue weighted by molar-refractivity contribution is 5.69. The van der Waals surface area contributed by atoms with Gasteiger partial charge in [-0.1, -0.05) is 53.2 Å². The molecule has 0 spiro atoms. The Morgan fingerprint density at radius 3 is 1.82 bits per heavy atom. The van der Waals surface area contributed by atoms with Gasteiger partial charge in [0.15, 0.2) is 0 Å². The minimum absolute atomic E-state index is 0.0530. The van der Waals surface area contributed by atoms with Crippen molar-refractivity contribution in [2.75, 3.05) is 14.2 Å². The predicted molar refractivity (Wildman–Crippen MR) is 223 cm³/mol. The molecule has 19 atom stereocenters. The van der Waals surface area contributed by atoms with Gasteiger partial charge in [0.05, 0.1) is 38.6 Å². The monoisotopic (exact) mass is 793 g/mol. The summed E-state index contributed by atoms with van der Waals surface area (Å²) in [6, 6.07) is 0. The highest BCUT2D eigenvalue weighted by Gasteiger charge is 2.65. The van der Waals surface area contributed by atoms with E-state index in [1.165, 1.54) is 72.0 Å². The quantitative estimate of drug-likeness (QED) is 0.168. The maximum Gasteiger partial charge on any atom is 0.305 e. The van der Waals surface area contributed by atoms with Crippen molar-refractivity contribution in [2.45, 2.75) is 188 Å². The van der Waals surface area contributed by atoms with E-state index in [-0.39, 0.29) is 51.9 Å². The van der Waals surface area contributed by atoms with Crippen molar-refractivity contribution in [2.24, 2.45) is 86.8 Å². The summed E-state index contributed by atoms with van der Waals surface area (Å²) in [6.45, 7) is 14.6. The van der Waals surface area contributed by atoms with Crippen LogP contribution in [0.25, 0.3) is 0 Å². The van der Waals surface area contributed by atoms with Gasteiger partial charge in [0, 0.05) is 12.8 Å². The maximum absolute atomic E-state index is 12.1. The van der Waals surface area contributed by atoms with Crippen molar-refractivity contribution in [3.05, 3.63) is 11.6 Å². The first-order valence-electron chi connectivity index (χ1n) is 24.0. The molecule has 8 aliphatic carbocycles. The first-order valence-corrected chi connectivity index (χ1v) is 24.0. The lowest BCUT2D eigenvalue weighted by Gasteiger charge is -2.62. The van der Waals surface area contributed by atoms with Gasteiger partial charge in [-0.05, 0) is 196 Å². The minimum Gasteiger partial charge on any atom is -0.469 e. The van der Waals surface area contributed by atoms with Crippen LogP contribution in [0.15, 0.2) is 11.6 Å². The lowest BCUT2D eigenvalue weighted by Crippen LogP contribution is -2.59. The minimum atomic E-state index is -0.288. The molecule has 6 unspecified atom stereocenters. The van der Waals surface area contributed by atoms with E-state index in [9.17, 15) is 19.8 Å². The Balaban J connectivity index is 0.891. The molecule has 0 aliphatic heterocycles. The summed E-state index contributed by atoms with van der Waals surface area (Å²) in [7, 11) is 2.97. The van der Waals surface area contributed by atoms with Crippen molar-refractivity contribution in [3.8, 4) is 0 Å². The predicted octanol–water partition coefficient (Wildman–Crippen LogP) is 10.1. The molecule has 0 saturated heterocycles. The Kier molecular flexibility index (Phi) is 11.7. The Bertz CT molecular complexity index is 1520. The van der Waals surface area contributed by atoms with Crippen molar-refractivity contribution < 1.29 is 34.0 Å². The van der Waals surface area contributed by atoms with Crippen LogP contribution in [-0.4, -0.2) is 60.8 Å².